The summed E-state index contributed by atoms with van der Waals surface area (Å²) in [7, 11) is 3.16. The van der Waals surface area contributed by atoms with Gasteiger partial charge in [-0.3, -0.25) is 4.99 Å². The maximum Gasteiger partial charge on any atom is 0.321 e. The Morgan fingerprint density at radius 2 is 1.85 bits per heavy atom. The van der Waals surface area contributed by atoms with Crippen LogP contribution >= 0.6 is 23.4 Å². The average Bonchev–Trinajstić information content (AvgIpc) is 3.17. The van der Waals surface area contributed by atoms with Crippen LogP contribution in [0.1, 0.15) is 25.3 Å². The summed E-state index contributed by atoms with van der Waals surface area (Å²) in [4.78, 5) is 24.8. The summed E-state index contributed by atoms with van der Waals surface area (Å²) in [5, 5.41) is 4.60. The van der Waals surface area contributed by atoms with Gasteiger partial charge in [-0.15, -0.1) is 11.8 Å². The number of methoxy groups -OCH3 is 2. The van der Waals surface area contributed by atoms with E-state index in [1.807, 2.05) is 24.3 Å². The molecule has 2 heterocycles. The number of urea groups is 1. The first-order valence-electron chi connectivity index (χ1n) is 10.8. The van der Waals surface area contributed by atoms with Crippen LogP contribution in [0.5, 0.6) is 11.5 Å². The molecule has 2 aliphatic heterocycles. The van der Waals surface area contributed by atoms with E-state index in [0.717, 1.165) is 22.1 Å². The quantitative estimate of drug-likeness (QED) is 0.619. The van der Waals surface area contributed by atoms with E-state index in [0.29, 0.717) is 48.1 Å². The van der Waals surface area contributed by atoms with E-state index in [-0.39, 0.29) is 6.03 Å². The molecule has 2 aromatic carbocycles. The molecule has 0 bridgehead atoms. The Kier molecular flexibility index (Phi) is 7.14. The van der Waals surface area contributed by atoms with Crippen LogP contribution in [0.3, 0.4) is 0 Å². The van der Waals surface area contributed by atoms with Gasteiger partial charge in [-0.25, -0.2) is 9.79 Å². The van der Waals surface area contributed by atoms with Crippen LogP contribution in [-0.2, 0) is 0 Å². The normalized spacial score (nSPS) is 16.9. The molecule has 1 N–H and O–H groups in total. The van der Waals surface area contributed by atoms with Gasteiger partial charge in [-0.2, -0.15) is 0 Å². The zero-order chi connectivity index (χ0) is 23.4. The fourth-order valence-electron chi connectivity index (χ4n) is 3.94. The van der Waals surface area contributed by atoms with Gasteiger partial charge in [0.05, 0.1) is 25.6 Å². The summed E-state index contributed by atoms with van der Waals surface area (Å²) < 4.78 is 10.6. The van der Waals surface area contributed by atoms with Crippen LogP contribution in [0.4, 0.5) is 10.5 Å². The molecule has 0 radical (unpaired) electrons. The third-order valence-corrected chi connectivity index (χ3v) is 6.83. The fourth-order valence-corrected chi connectivity index (χ4v) is 4.88. The molecule has 4 rings (SSSR count). The highest BCUT2D eigenvalue weighted by atomic mass is 35.5. The standard InChI is InChI=1S/C24H27ClN4O3S/c1-4-33-22-21(16-5-7-17(25)8-6-16)27-24(28-22)11-13-29(14-12-24)23(30)26-19-10-9-18(31-2)15-20(19)32-3/h5-10,15H,4,11-14H2,1-3H3,(H,26,30). The summed E-state index contributed by atoms with van der Waals surface area (Å²) in [6.07, 6.45) is 1.34. The van der Waals surface area contributed by atoms with Gasteiger partial charge in [-0.05, 0) is 30.0 Å². The maximum atomic E-state index is 12.9. The third-order valence-electron chi connectivity index (χ3n) is 5.73. The van der Waals surface area contributed by atoms with Crippen molar-refractivity contribution in [3.63, 3.8) is 0 Å². The highest BCUT2D eigenvalue weighted by Gasteiger charge is 2.40. The van der Waals surface area contributed by atoms with E-state index in [1.165, 1.54) is 0 Å². The zero-order valence-corrected chi connectivity index (χ0v) is 20.5. The number of aliphatic imine (C=N–C) groups is 2. The van der Waals surface area contributed by atoms with Gasteiger partial charge in [0.15, 0.2) is 5.66 Å². The number of piperidine rings is 1. The van der Waals surface area contributed by atoms with Crippen LogP contribution in [0.25, 0.3) is 0 Å². The lowest BCUT2D eigenvalue weighted by Gasteiger charge is -2.35. The molecule has 7 nitrogen and oxygen atoms in total. The first-order chi connectivity index (χ1) is 16.0. The molecule has 2 aromatic rings. The van der Waals surface area contributed by atoms with Gasteiger partial charge < -0.3 is 19.7 Å². The van der Waals surface area contributed by atoms with E-state index < -0.39 is 5.66 Å². The van der Waals surface area contributed by atoms with Crippen LogP contribution < -0.4 is 14.8 Å². The number of likely N-dealkylation sites (tertiary alicyclic amines) is 1. The number of benzene rings is 2. The van der Waals surface area contributed by atoms with Gasteiger partial charge in [-0.1, -0.05) is 30.7 Å². The number of nitrogens with zero attached hydrogens (tertiary/aromatic N) is 3. The molecule has 174 valence electrons. The van der Waals surface area contributed by atoms with Crippen molar-refractivity contribution in [3.8, 4) is 11.5 Å². The molecule has 1 saturated heterocycles. The molecular formula is C24H27ClN4O3S. The van der Waals surface area contributed by atoms with Crippen molar-refractivity contribution in [1.82, 2.24) is 4.90 Å². The molecule has 1 spiro atoms. The Hall–Kier alpha value is -2.71. The van der Waals surface area contributed by atoms with E-state index in [4.69, 9.17) is 31.1 Å². The average molecular weight is 487 g/mol. The van der Waals surface area contributed by atoms with E-state index >= 15 is 0 Å². The highest BCUT2D eigenvalue weighted by Crippen LogP contribution is 2.36. The monoisotopic (exact) mass is 486 g/mol. The van der Waals surface area contributed by atoms with E-state index in [9.17, 15) is 4.79 Å². The molecule has 2 amide bonds. The zero-order valence-electron chi connectivity index (χ0n) is 18.9. The number of halogens is 1. The first-order valence-corrected chi connectivity index (χ1v) is 12.2. The number of rotatable bonds is 5. The number of amides is 2. The van der Waals surface area contributed by atoms with Crippen molar-refractivity contribution in [1.29, 1.82) is 0 Å². The lowest BCUT2D eigenvalue weighted by molar-refractivity contribution is 0.175. The van der Waals surface area contributed by atoms with Gasteiger partial charge >= 0.3 is 6.03 Å². The minimum absolute atomic E-state index is 0.166. The Morgan fingerprint density at radius 1 is 1.12 bits per heavy atom. The first kappa shape index (κ1) is 23.4. The number of hydrogen-bond donors (Lipinski definition) is 1. The second-order valence-corrected chi connectivity index (χ2v) is 9.47. The van der Waals surface area contributed by atoms with Crippen molar-refractivity contribution in [2.45, 2.75) is 25.4 Å². The second-order valence-electron chi connectivity index (χ2n) is 7.78. The number of anilines is 1. The topological polar surface area (TPSA) is 75.5 Å². The van der Waals surface area contributed by atoms with Crippen molar-refractivity contribution in [2.75, 3.05) is 38.4 Å². The number of carbonyl (C=O) groups is 1. The largest absolute Gasteiger partial charge is 0.497 e. The molecule has 0 aliphatic carbocycles. The summed E-state index contributed by atoms with van der Waals surface area (Å²) in [5.41, 5.74) is 2.02. The SMILES string of the molecule is CCSC1=NC2(CCN(C(=O)Nc3ccc(OC)cc3OC)CC2)N=C1c1ccc(Cl)cc1. The summed E-state index contributed by atoms with van der Waals surface area (Å²) in [5.74, 6) is 2.13. The molecule has 1 fully saturated rings. The molecule has 0 unspecified atom stereocenters. The third kappa shape index (κ3) is 5.12. The molecule has 2 aliphatic rings. The second kappa shape index (κ2) is 10.1. The van der Waals surface area contributed by atoms with Gasteiger partial charge in [0.1, 0.15) is 16.5 Å². The Bertz CT molecular complexity index is 1080. The molecule has 33 heavy (non-hydrogen) atoms. The van der Waals surface area contributed by atoms with Gasteiger partial charge in [0, 0.05) is 42.6 Å². The number of thioether (sulfide) groups is 1. The maximum absolute atomic E-state index is 12.9. The van der Waals surface area contributed by atoms with Crippen molar-refractivity contribution in [2.24, 2.45) is 9.98 Å². The number of hydrogen-bond acceptors (Lipinski definition) is 6. The molecule has 0 aromatic heterocycles. The fraction of sp³-hybridized carbons (Fsp3) is 0.375. The summed E-state index contributed by atoms with van der Waals surface area (Å²) in [6.45, 7) is 3.24. The van der Waals surface area contributed by atoms with E-state index in [2.05, 4.69) is 12.2 Å². The number of nitrogens with one attached hydrogen (secondary N) is 1. The predicted molar refractivity (Wildman–Crippen MR) is 136 cm³/mol. The molecular weight excluding hydrogens is 460 g/mol. The Morgan fingerprint density at radius 3 is 2.48 bits per heavy atom. The molecule has 0 saturated carbocycles. The minimum Gasteiger partial charge on any atom is -0.497 e. The molecule has 0 atom stereocenters. The van der Waals surface area contributed by atoms with Crippen LogP contribution in [0.2, 0.25) is 5.02 Å². The van der Waals surface area contributed by atoms with Crippen LogP contribution in [0.15, 0.2) is 52.4 Å². The van der Waals surface area contributed by atoms with E-state index in [1.54, 1.807) is 49.1 Å². The minimum atomic E-state index is -0.513. The molecule has 9 heteroatoms. The van der Waals surface area contributed by atoms with Crippen molar-refractivity contribution >= 4 is 45.8 Å². The van der Waals surface area contributed by atoms with Crippen LogP contribution in [0, 0.1) is 0 Å². The smallest absolute Gasteiger partial charge is 0.321 e. The van der Waals surface area contributed by atoms with Crippen molar-refractivity contribution in [3.05, 3.63) is 53.1 Å². The van der Waals surface area contributed by atoms with Gasteiger partial charge in [0.2, 0.25) is 0 Å². The highest BCUT2D eigenvalue weighted by molar-refractivity contribution is 8.15. The Labute approximate surface area is 203 Å². The predicted octanol–water partition coefficient (Wildman–Crippen LogP) is 5.34. The lowest BCUT2D eigenvalue weighted by atomic mass is 9.98. The summed E-state index contributed by atoms with van der Waals surface area (Å²) >= 11 is 7.76. The Balaban J connectivity index is 1.46. The number of ether oxygens (including phenoxy) is 2. The number of carbonyl (C=O) groups excluding carboxylic acids is 1. The van der Waals surface area contributed by atoms with Crippen molar-refractivity contribution < 1.29 is 14.3 Å². The lowest BCUT2D eigenvalue weighted by Crippen LogP contribution is -2.46. The van der Waals surface area contributed by atoms with Gasteiger partial charge in [0.25, 0.3) is 0 Å². The summed E-state index contributed by atoms with van der Waals surface area (Å²) in [6, 6.07) is 12.9. The van der Waals surface area contributed by atoms with Crippen LogP contribution in [-0.4, -0.2) is 60.4 Å².